The highest BCUT2D eigenvalue weighted by molar-refractivity contribution is 5.82. The Labute approximate surface area is 208 Å². The Kier molecular flexibility index (Phi) is 5.88. The molecule has 9 nitrogen and oxygen atoms in total. The number of fused-ring (bicyclic) bond motifs is 2. The summed E-state index contributed by atoms with van der Waals surface area (Å²) < 4.78 is 40.1. The molecule has 2 aromatic heterocycles. The summed E-state index contributed by atoms with van der Waals surface area (Å²) >= 11 is 0. The second-order valence-electron chi connectivity index (χ2n) is 9.82. The average Bonchev–Trinajstić information content (AvgIpc) is 3.62. The lowest BCUT2D eigenvalue weighted by atomic mass is 10.1. The van der Waals surface area contributed by atoms with Gasteiger partial charge in [0, 0.05) is 13.2 Å². The van der Waals surface area contributed by atoms with Gasteiger partial charge in [-0.2, -0.15) is 0 Å². The Morgan fingerprint density at radius 2 is 1.97 bits per heavy atom. The lowest BCUT2D eigenvalue weighted by Crippen LogP contribution is -2.28. The standard InChI is InChI=1S/C26H28FN5O4/c1-26(2)35-21-19(11-8-15-6-4-5-7-18(15)27)34-25(22(21)36-26)32-14-30-20-23(28-13-29-24(20)32)31-16-9-10-17(12-16)33-3/h4-7,13-14,16-17,19,21-22,25H,9-10,12H2,1-3H3,(H,28,29,31). The average molecular weight is 494 g/mol. The van der Waals surface area contributed by atoms with E-state index in [4.69, 9.17) is 18.9 Å². The molecule has 4 heterocycles. The molecule has 2 saturated heterocycles. The van der Waals surface area contributed by atoms with E-state index in [1.165, 1.54) is 12.4 Å². The van der Waals surface area contributed by atoms with E-state index < -0.39 is 30.3 Å². The van der Waals surface area contributed by atoms with Crippen LogP contribution in [0, 0.1) is 17.7 Å². The summed E-state index contributed by atoms with van der Waals surface area (Å²) in [7, 11) is 1.75. The number of hydrogen-bond donors (Lipinski definition) is 1. The van der Waals surface area contributed by atoms with E-state index >= 15 is 0 Å². The number of anilines is 1. The Bertz CT molecular complexity index is 1330. The second-order valence-corrected chi connectivity index (χ2v) is 9.82. The lowest BCUT2D eigenvalue weighted by molar-refractivity contribution is -0.190. The fraction of sp³-hybridized carbons (Fsp3) is 0.500. The highest BCUT2D eigenvalue weighted by Crippen LogP contribution is 2.43. The zero-order valence-corrected chi connectivity index (χ0v) is 20.3. The van der Waals surface area contributed by atoms with Gasteiger partial charge in [0.25, 0.3) is 0 Å². The number of hydrogen-bond acceptors (Lipinski definition) is 8. The summed E-state index contributed by atoms with van der Waals surface area (Å²) in [6, 6.07) is 6.66. The molecule has 6 atom stereocenters. The van der Waals surface area contributed by atoms with Crippen molar-refractivity contribution in [2.45, 2.75) is 75.6 Å². The van der Waals surface area contributed by atoms with Crippen LogP contribution in [0.4, 0.5) is 10.2 Å². The molecule has 3 aromatic rings. The molecule has 1 N–H and O–H groups in total. The Morgan fingerprint density at radius 1 is 1.14 bits per heavy atom. The largest absolute Gasteiger partial charge is 0.381 e. The third kappa shape index (κ3) is 4.22. The fourth-order valence-electron chi connectivity index (χ4n) is 5.25. The second kappa shape index (κ2) is 9.09. The van der Waals surface area contributed by atoms with Crippen molar-refractivity contribution >= 4 is 17.0 Å². The predicted molar refractivity (Wildman–Crippen MR) is 128 cm³/mol. The molecular weight excluding hydrogens is 465 g/mol. The normalized spacial score (nSPS) is 30.8. The van der Waals surface area contributed by atoms with Gasteiger partial charge >= 0.3 is 0 Å². The lowest BCUT2D eigenvalue weighted by Gasteiger charge is -2.23. The number of halogens is 1. The van der Waals surface area contributed by atoms with Crippen molar-refractivity contribution in [3.63, 3.8) is 0 Å². The molecule has 188 valence electrons. The monoisotopic (exact) mass is 493 g/mol. The SMILES string of the molecule is COC1CCC(Nc2ncnc3c2ncn3C2OC(C#Cc3ccccc3F)C3OC(C)(C)OC32)C1. The van der Waals surface area contributed by atoms with Crippen LogP contribution in [0.2, 0.25) is 0 Å². The van der Waals surface area contributed by atoms with Gasteiger partial charge in [-0.25, -0.2) is 19.3 Å². The van der Waals surface area contributed by atoms with Crippen molar-refractivity contribution in [2.24, 2.45) is 0 Å². The Morgan fingerprint density at radius 3 is 2.78 bits per heavy atom. The van der Waals surface area contributed by atoms with Crippen molar-refractivity contribution in [1.82, 2.24) is 19.5 Å². The van der Waals surface area contributed by atoms with E-state index in [2.05, 4.69) is 32.1 Å². The summed E-state index contributed by atoms with van der Waals surface area (Å²) in [6.07, 6.45) is 4.29. The predicted octanol–water partition coefficient (Wildman–Crippen LogP) is 3.41. The van der Waals surface area contributed by atoms with Gasteiger partial charge in [-0.3, -0.25) is 4.57 Å². The van der Waals surface area contributed by atoms with Gasteiger partial charge in [0.05, 0.1) is 18.0 Å². The maximum absolute atomic E-state index is 14.1. The van der Waals surface area contributed by atoms with Crippen LogP contribution in [0.15, 0.2) is 36.9 Å². The van der Waals surface area contributed by atoms with Gasteiger partial charge in [0.15, 0.2) is 29.0 Å². The van der Waals surface area contributed by atoms with Crippen molar-refractivity contribution < 1.29 is 23.3 Å². The van der Waals surface area contributed by atoms with Crippen molar-refractivity contribution in [1.29, 1.82) is 0 Å². The Hall–Kier alpha value is -3.10. The highest BCUT2D eigenvalue weighted by atomic mass is 19.1. The van der Waals surface area contributed by atoms with Crippen LogP contribution in [0.25, 0.3) is 11.2 Å². The summed E-state index contributed by atoms with van der Waals surface area (Å²) in [6.45, 7) is 3.71. The van der Waals surface area contributed by atoms with E-state index in [9.17, 15) is 4.39 Å². The van der Waals surface area contributed by atoms with Crippen LogP contribution >= 0.6 is 0 Å². The number of imidazole rings is 1. The summed E-state index contributed by atoms with van der Waals surface area (Å²) in [5.74, 6) is 5.43. The fourth-order valence-corrected chi connectivity index (χ4v) is 5.25. The molecule has 1 aromatic carbocycles. The molecule has 0 bridgehead atoms. The first-order valence-corrected chi connectivity index (χ1v) is 12.2. The number of nitrogens with zero attached hydrogens (tertiary/aromatic N) is 4. The topological polar surface area (TPSA) is 92.6 Å². The summed E-state index contributed by atoms with van der Waals surface area (Å²) in [4.78, 5) is 13.5. The number of rotatable bonds is 4. The molecule has 6 unspecified atom stereocenters. The maximum atomic E-state index is 14.1. The highest BCUT2D eigenvalue weighted by Gasteiger charge is 2.56. The van der Waals surface area contributed by atoms with Gasteiger partial charge in [0.2, 0.25) is 0 Å². The molecule has 2 aliphatic heterocycles. The number of ether oxygens (including phenoxy) is 4. The Balaban J connectivity index is 1.30. The first kappa shape index (κ1) is 23.3. The van der Waals surface area contributed by atoms with Gasteiger partial charge in [-0.05, 0) is 45.2 Å². The first-order chi connectivity index (χ1) is 17.4. The number of aromatic nitrogens is 4. The molecule has 10 heteroatoms. The summed E-state index contributed by atoms with van der Waals surface area (Å²) in [5, 5.41) is 3.50. The summed E-state index contributed by atoms with van der Waals surface area (Å²) in [5.41, 5.74) is 1.57. The van der Waals surface area contributed by atoms with Gasteiger partial charge < -0.3 is 24.3 Å². The molecule has 3 aliphatic rings. The van der Waals surface area contributed by atoms with Crippen LogP contribution in [-0.4, -0.2) is 62.9 Å². The molecule has 0 amide bonds. The molecular formula is C26H28FN5O4. The van der Waals surface area contributed by atoms with Gasteiger partial charge in [-0.1, -0.05) is 24.0 Å². The molecule has 1 saturated carbocycles. The van der Waals surface area contributed by atoms with Crippen LogP contribution < -0.4 is 5.32 Å². The van der Waals surface area contributed by atoms with Gasteiger partial charge in [-0.15, -0.1) is 0 Å². The van der Waals surface area contributed by atoms with E-state index in [-0.39, 0.29) is 18.0 Å². The van der Waals surface area contributed by atoms with E-state index in [1.807, 2.05) is 18.4 Å². The number of nitrogens with one attached hydrogen (secondary N) is 1. The maximum Gasteiger partial charge on any atom is 0.167 e. The van der Waals surface area contributed by atoms with Crippen molar-refractivity contribution in [2.75, 3.05) is 12.4 Å². The van der Waals surface area contributed by atoms with E-state index in [0.717, 1.165) is 19.3 Å². The smallest absolute Gasteiger partial charge is 0.167 e. The zero-order valence-electron chi connectivity index (χ0n) is 20.3. The number of methoxy groups -OCH3 is 1. The zero-order chi connectivity index (χ0) is 24.9. The van der Waals surface area contributed by atoms with Gasteiger partial charge in [0.1, 0.15) is 30.5 Å². The van der Waals surface area contributed by atoms with Crippen LogP contribution in [0.3, 0.4) is 0 Å². The minimum atomic E-state index is -0.812. The molecule has 36 heavy (non-hydrogen) atoms. The third-order valence-corrected chi connectivity index (χ3v) is 6.94. The van der Waals surface area contributed by atoms with Crippen molar-refractivity contribution in [3.05, 3.63) is 48.3 Å². The molecule has 6 rings (SSSR count). The van der Waals surface area contributed by atoms with Crippen LogP contribution in [-0.2, 0) is 18.9 Å². The molecule has 0 spiro atoms. The molecule has 3 fully saturated rings. The first-order valence-electron chi connectivity index (χ1n) is 12.2. The molecule has 1 aliphatic carbocycles. The van der Waals surface area contributed by atoms with Crippen LogP contribution in [0.1, 0.15) is 44.9 Å². The number of benzene rings is 1. The van der Waals surface area contributed by atoms with E-state index in [1.54, 1.807) is 31.6 Å². The third-order valence-electron chi connectivity index (χ3n) is 6.94. The van der Waals surface area contributed by atoms with Crippen LogP contribution in [0.5, 0.6) is 0 Å². The van der Waals surface area contributed by atoms with E-state index in [0.29, 0.717) is 22.5 Å². The minimum Gasteiger partial charge on any atom is -0.381 e. The minimum absolute atomic E-state index is 0.256. The quantitative estimate of drug-likeness (QED) is 0.553. The molecule has 0 radical (unpaired) electrons. The van der Waals surface area contributed by atoms with Crippen molar-refractivity contribution in [3.8, 4) is 11.8 Å².